The van der Waals surface area contributed by atoms with Gasteiger partial charge in [0.05, 0.1) is 7.11 Å². The van der Waals surface area contributed by atoms with Gasteiger partial charge in [-0.1, -0.05) is 19.9 Å². The van der Waals surface area contributed by atoms with Gasteiger partial charge in [-0.15, -0.1) is 0 Å². The highest BCUT2D eigenvalue weighted by Gasteiger charge is 2.44. The van der Waals surface area contributed by atoms with Crippen LogP contribution < -0.4 is 10.1 Å². The Morgan fingerprint density at radius 2 is 2.05 bits per heavy atom. The molecule has 0 aliphatic heterocycles. The van der Waals surface area contributed by atoms with Crippen molar-refractivity contribution >= 4 is 5.91 Å². The highest BCUT2D eigenvalue weighted by molar-refractivity contribution is 5.82. The molecule has 1 unspecified atom stereocenters. The number of aryl methyl sites for hydroxylation is 1. The maximum atomic E-state index is 12.4. The number of halogens is 3. The number of alkyl halides is 3. The molecule has 0 saturated heterocycles. The van der Waals surface area contributed by atoms with E-state index in [0.717, 1.165) is 16.9 Å². The molecule has 1 amide bonds. The molecule has 2 rings (SSSR count). The van der Waals surface area contributed by atoms with Crippen LogP contribution in [0.25, 0.3) is 0 Å². The molecular formula is C15H18F3NO2. The minimum atomic E-state index is -4.85. The molecule has 3 nitrogen and oxygen atoms in total. The molecule has 0 bridgehead atoms. The van der Waals surface area contributed by atoms with Gasteiger partial charge in [0, 0.05) is 11.5 Å². The number of hydrogen-bond acceptors (Lipinski definition) is 2. The minimum Gasteiger partial charge on any atom is -0.497 e. The topological polar surface area (TPSA) is 38.3 Å². The summed E-state index contributed by atoms with van der Waals surface area (Å²) in [6.07, 6.45) is -3.77. The Hall–Kier alpha value is -1.72. The summed E-state index contributed by atoms with van der Waals surface area (Å²) >= 11 is 0. The summed E-state index contributed by atoms with van der Waals surface area (Å²) in [5.74, 6) is -1.15. The number of carbonyl (C=O) groups excluding carboxylic acids is 1. The number of amides is 1. The summed E-state index contributed by atoms with van der Waals surface area (Å²) < 4.78 is 42.4. The van der Waals surface area contributed by atoms with Crippen LogP contribution >= 0.6 is 0 Å². The van der Waals surface area contributed by atoms with E-state index in [4.69, 9.17) is 4.74 Å². The molecule has 1 aromatic carbocycles. The molecule has 6 heteroatoms. The first-order valence-corrected chi connectivity index (χ1v) is 6.71. The van der Waals surface area contributed by atoms with E-state index < -0.39 is 23.5 Å². The van der Waals surface area contributed by atoms with Crippen molar-refractivity contribution in [2.24, 2.45) is 0 Å². The number of methoxy groups -OCH3 is 1. The molecule has 0 saturated carbocycles. The highest BCUT2D eigenvalue weighted by atomic mass is 19.4. The van der Waals surface area contributed by atoms with Gasteiger partial charge in [0.15, 0.2) is 0 Å². The van der Waals surface area contributed by atoms with E-state index >= 15 is 0 Å². The third kappa shape index (κ3) is 2.99. The zero-order chi connectivity index (χ0) is 15.8. The normalized spacial score (nSPS) is 20.6. The first-order chi connectivity index (χ1) is 9.66. The van der Waals surface area contributed by atoms with E-state index in [9.17, 15) is 18.0 Å². The zero-order valence-corrected chi connectivity index (χ0v) is 12.2. The van der Waals surface area contributed by atoms with Gasteiger partial charge in [0.2, 0.25) is 0 Å². The van der Waals surface area contributed by atoms with Crippen molar-refractivity contribution in [1.82, 2.24) is 5.32 Å². The van der Waals surface area contributed by atoms with Crippen LogP contribution in [0.15, 0.2) is 18.2 Å². The van der Waals surface area contributed by atoms with Crippen LogP contribution in [0, 0.1) is 0 Å². The molecule has 0 fully saturated rings. The van der Waals surface area contributed by atoms with Crippen molar-refractivity contribution in [2.75, 3.05) is 7.11 Å². The lowest BCUT2D eigenvalue weighted by Gasteiger charge is -2.41. The van der Waals surface area contributed by atoms with Gasteiger partial charge in [-0.25, -0.2) is 0 Å². The predicted molar refractivity (Wildman–Crippen MR) is 72.3 cm³/mol. The lowest BCUT2D eigenvalue weighted by molar-refractivity contribution is -0.175. The highest BCUT2D eigenvalue weighted by Crippen LogP contribution is 2.38. The molecular weight excluding hydrogens is 283 g/mol. The second kappa shape index (κ2) is 5.24. The Labute approximate surface area is 121 Å². The monoisotopic (exact) mass is 301 g/mol. The molecule has 21 heavy (non-hydrogen) atoms. The fraction of sp³-hybridized carbons (Fsp3) is 0.533. The van der Waals surface area contributed by atoms with Gasteiger partial charge in [0.1, 0.15) is 5.75 Å². The van der Waals surface area contributed by atoms with Crippen LogP contribution in [0.2, 0.25) is 0 Å². The Morgan fingerprint density at radius 1 is 1.38 bits per heavy atom. The third-order valence-electron chi connectivity index (χ3n) is 4.14. The van der Waals surface area contributed by atoms with E-state index in [1.165, 1.54) is 0 Å². The molecule has 0 heterocycles. The minimum absolute atomic E-state index is 0.467. The second-order valence-corrected chi connectivity index (χ2v) is 5.81. The quantitative estimate of drug-likeness (QED) is 0.912. The van der Waals surface area contributed by atoms with E-state index in [0.29, 0.717) is 12.8 Å². The summed E-state index contributed by atoms with van der Waals surface area (Å²) in [7, 11) is 1.57. The standard InChI is InChI=1S/C15H18F3NO2/c1-14(2)11-6-5-10(21-3)8-9(11)4-7-12(14)19-13(20)15(16,17)18/h5-6,8,12H,4,7H2,1-3H3,(H,19,20). The number of fused-ring (bicyclic) bond motifs is 1. The van der Waals surface area contributed by atoms with Gasteiger partial charge in [0.25, 0.3) is 0 Å². The first-order valence-electron chi connectivity index (χ1n) is 6.71. The molecule has 1 aliphatic rings. The van der Waals surface area contributed by atoms with Crippen molar-refractivity contribution in [1.29, 1.82) is 0 Å². The molecule has 0 radical (unpaired) electrons. The van der Waals surface area contributed by atoms with E-state index in [1.54, 1.807) is 13.2 Å². The fourth-order valence-corrected chi connectivity index (χ4v) is 2.87. The Morgan fingerprint density at radius 3 is 2.62 bits per heavy atom. The van der Waals surface area contributed by atoms with Crippen LogP contribution in [0.5, 0.6) is 5.75 Å². The number of hydrogen-bond donors (Lipinski definition) is 1. The fourth-order valence-electron chi connectivity index (χ4n) is 2.87. The maximum absolute atomic E-state index is 12.4. The number of benzene rings is 1. The number of nitrogens with one attached hydrogen (secondary N) is 1. The summed E-state index contributed by atoms with van der Waals surface area (Å²) in [6, 6.07) is 5.00. The smallest absolute Gasteiger partial charge is 0.471 e. The summed E-state index contributed by atoms with van der Waals surface area (Å²) in [6.45, 7) is 3.69. The third-order valence-corrected chi connectivity index (χ3v) is 4.14. The SMILES string of the molecule is COc1ccc2c(c1)CCC(NC(=O)C(F)(F)F)C2(C)C. The summed E-state index contributed by atoms with van der Waals surface area (Å²) in [5, 5.41) is 2.12. The lowest BCUT2D eigenvalue weighted by atomic mass is 9.69. The van der Waals surface area contributed by atoms with Gasteiger partial charge in [-0.3, -0.25) is 4.79 Å². The average molecular weight is 301 g/mol. The Bertz CT molecular complexity index is 552. The largest absolute Gasteiger partial charge is 0.497 e. The average Bonchev–Trinajstić information content (AvgIpc) is 2.40. The van der Waals surface area contributed by atoms with E-state index in [-0.39, 0.29) is 0 Å². The molecule has 1 aromatic rings. The van der Waals surface area contributed by atoms with Crippen molar-refractivity contribution in [3.8, 4) is 5.75 Å². The zero-order valence-electron chi connectivity index (χ0n) is 12.2. The predicted octanol–water partition coefficient (Wildman–Crippen LogP) is 2.97. The van der Waals surface area contributed by atoms with Gasteiger partial charge < -0.3 is 10.1 Å². The first kappa shape index (κ1) is 15.7. The second-order valence-electron chi connectivity index (χ2n) is 5.81. The Balaban J connectivity index is 2.27. The van der Waals surface area contributed by atoms with Crippen molar-refractivity contribution < 1.29 is 22.7 Å². The van der Waals surface area contributed by atoms with E-state index in [2.05, 4.69) is 5.32 Å². The van der Waals surface area contributed by atoms with Gasteiger partial charge in [-0.2, -0.15) is 13.2 Å². The van der Waals surface area contributed by atoms with Crippen LogP contribution in [0.3, 0.4) is 0 Å². The number of carbonyl (C=O) groups is 1. The van der Waals surface area contributed by atoms with Crippen molar-refractivity contribution in [2.45, 2.75) is 44.3 Å². The van der Waals surface area contributed by atoms with Gasteiger partial charge in [-0.05, 0) is 36.1 Å². The molecule has 0 aromatic heterocycles. The van der Waals surface area contributed by atoms with Crippen LogP contribution in [0.4, 0.5) is 13.2 Å². The molecule has 1 atom stereocenters. The maximum Gasteiger partial charge on any atom is 0.471 e. The van der Waals surface area contributed by atoms with Crippen molar-refractivity contribution in [3.05, 3.63) is 29.3 Å². The van der Waals surface area contributed by atoms with Crippen LogP contribution in [-0.2, 0) is 16.6 Å². The lowest BCUT2D eigenvalue weighted by Crippen LogP contribution is -2.53. The Kier molecular flexibility index (Phi) is 3.91. The van der Waals surface area contributed by atoms with Crippen LogP contribution in [0.1, 0.15) is 31.4 Å². The molecule has 0 spiro atoms. The van der Waals surface area contributed by atoms with E-state index in [1.807, 2.05) is 26.0 Å². The number of rotatable bonds is 2. The summed E-state index contributed by atoms with van der Waals surface area (Å²) in [5.41, 5.74) is 1.43. The molecule has 116 valence electrons. The van der Waals surface area contributed by atoms with Crippen LogP contribution in [-0.4, -0.2) is 25.2 Å². The number of ether oxygens (including phenoxy) is 1. The van der Waals surface area contributed by atoms with Gasteiger partial charge >= 0.3 is 12.1 Å². The molecule has 1 N–H and O–H groups in total. The molecule has 1 aliphatic carbocycles. The van der Waals surface area contributed by atoms with Crippen molar-refractivity contribution in [3.63, 3.8) is 0 Å². The summed E-state index contributed by atoms with van der Waals surface area (Å²) in [4.78, 5) is 11.2.